The molecule has 2 atom stereocenters. The predicted molar refractivity (Wildman–Crippen MR) is 124 cm³/mol. The molecular weight excluding hydrogens is 396 g/mol. The number of halogens is 1. The van der Waals surface area contributed by atoms with E-state index >= 15 is 0 Å². The van der Waals surface area contributed by atoms with Crippen molar-refractivity contribution in [1.29, 1.82) is 0 Å². The molecule has 30 heavy (non-hydrogen) atoms. The van der Waals surface area contributed by atoms with Gasteiger partial charge in [-0.15, -0.1) is 0 Å². The molecule has 1 aromatic carbocycles. The first kappa shape index (κ1) is 20.5. The van der Waals surface area contributed by atoms with Gasteiger partial charge >= 0.3 is 0 Å². The van der Waals surface area contributed by atoms with E-state index in [2.05, 4.69) is 36.0 Å². The van der Waals surface area contributed by atoms with Crippen molar-refractivity contribution in [2.24, 2.45) is 11.8 Å². The smallest absolute Gasteiger partial charge is 0.261 e. The molecule has 1 saturated carbocycles. The third-order valence-corrected chi connectivity index (χ3v) is 6.23. The highest BCUT2D eigenvalue weighted by molar-refractivity contribution is 6.30. The minimum atomic E-state index is -0.346. The number of hydrogen-bond acceptors (Lipinski definition) is 3. The number of pyridine rings is 1. The lowest BCUT2D eigenvalue weighted by molar-refractivity contribution is 0.470. The Balaban J connectivity index is 1.43. The van der Waals surface area contributed by atoms with Crippen molar-refractivity contribution in [3.63, 3.8) is 0 Å². The molecule has 2 aliphatic rings. The van der Waals surface area contributed by atoms with E-state index in [1.165, 1.54) is 17.6 Å². The van der Waals surface area contributed by atoms with Crippen molar-refractivity contribution >= 4 is 23.0 Å². The Kier molecular flexibility index (Phi) is 5.87. The van der Waals surface area contributed by atoms with Gasteiger partial charge in [0, 0.05) is 28.2 Å². The molecule has 0 amide bonds. The van der Waals surface area contributed by atoms with Crippen LogP contribution in [0.2, 0.25) is 5.02 Å². The zero-order valence-corrected chi connectivity index (χ0v) is 17.9. The first-order valence-corrected chi connectivity index (χ1v) is 10.8. The third-order valence-electron chi connectivity index (χ3n) is 5.98. The van der Waals surface area contributed by atoms with E-state index < -0.39 is 0 Å². The maximum absolute atomic E-state index is 12.6. The Morgan fingerprint density at radius 2 is 2.03 bits per heavy atom. The van der Waals surface area contributed by atoms with Crippen LogP contribution in [0.5, 0.6) is 5.75 Å². The van der Waals surface area contributed by atoms with E-state index in [9.17, 15) is 9.90 Å². The lowest BCUT2D eigenvalue weighted by Gasteiger charge is -2.15. The quantitative estimate of drug-likeness (QED) is 0.508. The van der Waals surface area contributed by atoms with Crippen LogP contribution in [0, 0.1) is 11.8 Å². The van der Waals surface area contributed by atoms with Crippen LogP contribution in [0.25, 0.3) is 5.70 Å². The van der Waals surface area contributed by atoms with Crippen LogP contribution < -0.4 is 10.9 Å². The van der Waals surface area contributed by atoms with Gasteiger partial charge in [0.2, 0.25) is 0 Å². The Morgan fingerprint density at radius 3 is 2.70 bits per heavy atom. The van der Waals surface area contributed by atoms with Crippen LogP contribution in [0.15, 0.2) is 65.0 Å². The average Bonchev–Trinajstić information content (AvgIpc) is 3.44. The second kappa shape index (κ2) is 8.57. The lowest BCUT2D eigenvalue weighted by Crippen LogP contribution is -2.16. The van der Waals surface area contributed by atoms with E-state index in [1.807, 2.05) is 0 Å². The predicted octanol–water partition coefficient (Wildman–Crippen LogP) is 6.05. The number of benzene rings is 1. The summed E-state index contributed by atoms with van der Waals surface area (Å²) in [4.78, 5) is 15.5. The zero-order chi connectivity index (χ0) is 21.3. The van der Waals surface area contributed by atoms with Crippen molar-refractivity contribution in [2.75, 3.05) is 5.32 Å². The summed E-state index contributed by atoms with van der Waals surface area (Å²) in [6.07, 6.45) is 9.77. The molecule has 4 nitrogen and oxygen atoms in total. The van der Waals surface area contributed by atoms with Crippen LogP contribution in [-0.2, 0) is 6.42 Å². The maximum atomic E-state index is 12.6. The van der Waals surface area contributed by atoms with Gasteiger partial charge in [0.1, 0.15) is 11.3 Å². The summed E-state index contributed by atoms with van der Waals surface area (Å²) >= 11 is 5.90. The van der Waals surface area contributed by atoms with Crippen molar-refractivity contribution in [1.82, 2.24) is 4.98 Å². The van der Waals surface area contributed by atoms with Gasteiger partial charge in [0.15, 0.2) is 0 Å². The molecule has 156 valence electrons. The number of aryl methyl sites for hydroxylation is 1. The standard InChI is InChI=1S/C25H27ClN2O2/c1-15-12-22(15)18-5-3-4-17(13-18)6-9-21-14-23(29)24(25(30)28-21)16(2)27-20-10-7-19(26)8-11-20/h5,7-8,10-11,13-15,22,27H,2-4,6,9,12H2,1H3,(H2,28,29,30)/t15?,22-/m0/s1. The number of rotatable bonds is 7. The molecule has 1 heterocycles. The maximum Gasteiger partial charge on any atom is 0.261 e. The number of allylic oxidation sites excluding steroid dienone is 4. The van der Waals surface area contributed by atoms with Crippen LogP contribution in [0.3, 0.4) is 0 Å². The number of hydrogen-bond donors (Lipinski definition) is 3. The van der Waals surface area contributed by atoms with Crippen LogP contribution in [0.1, 0.15) is 43.9 Å². The lowest BCUT2D eigenvalue weighted by atomic mass is 9.93. The van der Waals surface area contributed by atoms with E-state index in [0.29, 0.717) is 17.1 Å². The zero-order valence-electron chi connectivity index (χ0n) is 17.2. The fourth-order valence-electron chi connectivity index (χ4n) is 4.12. The summed E-state index contributed by atoms with van der Waals surface area (Å²) in [5, 5.41) is 14.2. The highest BCUT2D eigenvalue weighted by atomic mass is 35.5. The van der Waals surface area contributed by atoms with Gasteiger partial charge < -0.3 is 15.4 Å². The molecule has 0 aliphatic heterocycles. The number of aromatic amines is 1. The molecule has 1 aromatic heterocycles. The minimum absolute atomic E-state index is 0.0646. The highest BCUT2D eigenvalue weighted by Crippen LogP contribution is 2.45. The van der Waals surface area contributed by atoms with Crippen molar-refractivity contribution < 1.29 is 5.11 Å². The number of aromatic hydroxyl groups is 1. The summed E-state index contributed by atoms with van der Waals surface area (Å²) in [6, 6.07) is 8.70. The van der Waals surface area contributed by atoms with Gasteiger partial charge in [0.05, 0.1) is 0 Å². The van der Waals surface area contributed by atoms with Crippen molar-refractivity contribution in [3.05, 3.63) is 86.8 Å². The molecule has 0 bridgehead atoms. The Bertz CT molecular complexity index is 1080. The molecule has 5 heteroatoms. The van der Waals surface area contributed by atoms with Crippen LogP contribution in [0.4, 0.5) is 5.69 Å². The first-order valence-electron chi connectivity index (χ1n) is 10.5. The van der Waals surface area contributed by atoms with Gasteiger partial charge in [-0.1, -0.05) is 42.8 Å². The third kappa shape index (κ3) is 4.71. The molecule has 1 fully saturated rings. The molecule has 3 N–H and O–H groups in total. The molecule has 0 radical (unpaired) electrons. The van der Waals surface area contributed by atoms with Gasteiger partial charge in [-0.05, 0) is 73.8 Å². The summed E-state index contributed by atoms with van der Waals surface area (Å²) in [5.74, 6) is 1.48. The number of aromatic nitrogens is 1. The number of nitrogens with one attached hydrogen (secondary N) is 2. The molecule has 0 spiro atoms. The SMILES string of the molecule is C=C(Nc1ccc(Cl)cc1)c1c(O)cc(CCC2=CC([C@H]3CC3C)=CCC2)[nH]c1=O. The fraction of sp³-hybridized carbons (Fsp3) is 0.320. The molecule has 2 aliphatic carbocycles. The van der Waals surface area contributed by atoms with E-state index in [0.717, 1.165) is 42.5 Å². The van der Waals surface area contributed by atoms with E-state index in [4.69, 9.17) is 11.6 Å². The molecule has 0 saturated heterocycles. The number of anilines is 1. The summed E-state index contributed by atoms with van der Waals surface area (Å²) < 4.78 is 0. The van der Waals surface area contributed by atoms with E-state index in [-0.39, 0.29) is 16.9 Å². The first-order chi connectivity index (χ1) is 14.4. The van der Waals surface area contributed by atoms with Crippen LogP contribution >= 0.6 is 11.6 Å². The minimum Gasteiger partial charge on any atom is -0.507 e. The normalized spacial score (nSPS) is 20.3. The Morgan fingerprint density at radius 1 is 1.30 bits per heavy atom. The molecule has 2 aromatic rings. The van der Waals surface area contributed by atoms with Gasteiger partial charge in [-0.25, -0.2) is 0 Å². The summed E-state index contributed by atoms with van der Waals surface area (Å²) in [7, 11) is 0. The highest BCUT2D eigenvalue weighted by Gasteiger charge is 2.35. The van der Waals surface area contributed by atoms with Crippen molar-refractivity contribution in [2.45, 2.75) is 39.0 Å². The van der Waals surface area contributed by atoms with Gasteiger partial charge in [0.25, 0.3) is 5.56 Å². The Hall–Kier alpha value is -2.72. The fourth-order valence-corrected chi connectivity index (χ4v) is 4.25. The number of H-pyrrole nitrogens is 1. The van der Waals surface area contributed by atoms with E-state index in [1.54, 1.807) is 30.3 Å². The Labute approximate surface area is 182 Å². The molecule has 4 rings (SSSR count). The molecular formula is C25H27ClN2O2. The van der Waals surface area contributed by atoms with Crippen LogP contribution in [-0.4, -0.2) is 10.1 Å². The van der Waals surface area contributed by atoms with Crippen molar-refractivity contribution in [3.8, 4) is 5.75 Å². The average molecular weight is 423 g/mol. The topological polar surface area (TPSA) is 65.1 Å². The largest absolute Gasteiger partial charge is 0.507 e. The second-order valence-electron chi connectivity index (χ2n) is 8.36. The molecule has 1 unspecified atom stereocenters. The van der Waals surface area contributed by atoms with Gasteiger partial charge in [-0.3, -0.25) is 4.79 Å². The monoisotopic (exact) mass is 422 g/mol. The van der Waals surface area contributed by atoms with Gasteiger partial charge in [-0.2, -0.15) is 0 Å². The summed E-state index contributed by atoms with van der Waals surface area (Å²) in [5.41, 5.74) is 4.53. The second-order valence-corrected chi connectivity index (χ2v) is 8.80. The summed E-state index contributed by atoms with van der Waals surface area (Å²) in [6.45, 7) is 6.21.